The van der Waals surface area contributed by atoms with Crippen LogP contribution in [0.15, 0.2) is 47.5 Å². The van der Waals surface area contributed by atoms with E-state index in [9.17, 15) is 13.2 Å². The predicted molar refractivity (Wildman–Crippen MR) is 103 cm³/mol. The number of aryl methyl sites for hydroxylation is 1. The van der Waals surface area contributed by atoms with Gasteiger partial charge in [0.05, 0.1) is 0 Å². The van der Waals surface area contributed by atoms with Crippen molar-refractivity contribution < 1.29 is 13.2 Å². The Morgan fingerprint density at radius 3 is 2.44 bits per heavy atom. The van der Waals surface area contributed by atoms with Crippen molar-refractivity contribution in [3.8, 4) is 0 Å². The lowest BCUT2D eigenvalue weighted by Gasteiger charge is -2.16. The molecule has 4 rings (SSSR count). The standard InChI is InChI=1S/C20H25N3O3S/c1-22-14-17(27(25,26)23-11-5-6-12-23)13-18(22)19(24)21-15-20(9-10-20)16-7-3-2-4-8-16/h2-4,7-8,13-14H,5-6,9-12,15H2,1H3,(H,21,24). The molecule has 2 aliphatic rings. The lowest BCUT2D eigenvalue weighted by Crippen LogP contribution is -2.33. The molecule has 2 heterocycles. The third kappa shape index (κ3) is 3.41. The van der Waals surface area contributed by atoms with Crippen LogP contribution >= 0.6 is 0 Å². The molecule has 6 nitrogen and oxygen atoms in total. The SMILES string of the molecule is Cn1cc(S(=O)(=O)N2CCCC2)cc1C(=O)NCC1(c2ccccc2)CC1. The first-order valence-corrected chi connectivity index (χ1v) is 10.9. The number of hydrogen-bond acceptors (Lipinski definition) is 3. The lowest BCUT2D eigenvalue weighted by atomic mass is 9.96. The molecule has 1 aliphatic carbocycles. The molecule has 144 valence electrons. The third-order valence-electron chi connectivity index (χ3n) is 5.74. The number of hydrogen-bond donors (Lipinski definition) is 1. The van der Waals surface area contributed by atoms with Gasteiger partial charge in [0, 0.05) is 38.3 Å². The summed E-state index contributed by atoms with van der Waals surface area (Å²) in [6, 6.07) is 11.7. The molecule has 7 heteroatoms. The Morgan fingerprint density at radius 1 is 1.15 bits per heavy atom. The average molecular weight is 388 g/mol. The van der Waals surface area contributed by atoms with Crippen LogP contribution in [0.4, 0.5) is 0 Å². The Balaban J connectivity index is 1.48. The van der Waals surface area contributed by atoms with E-state index in [4.69, 9.17) is 0 Å². The van der Waals surface area contributed by atoms with Gasteiger partial charge in [-0.25, -0.2) is 8.42 Å². The van der Waals surface area contributed by atoms with E-state index >= 15 is 0 Å². The molecule has 0 radical (unpaired) electrons. The molecule has 1 saturated heterocycles. The molecule has 0 spiro atoms. The van der Waals surface area contributed by atoms with Crippen molar-refractivity contribution in [2.75, 3.05) is 19.6 Å². The highest BCUT2D eigenvalue weighted by Gasteiger charge is 2.44. The summed E-state index contributed by atoms with van der Waals surface area (Å²) in [6.45, 7) is 1.67. The summed E-state index contributed by atoms with van der Waals surface area (Å²) in [5.41, 5.74) is 1.64. The fraction of sp³-hybridized carbons (Fsp3) is 0.450. The number of nitrogens with one attached hydrogen (secondary N) is 1. The molecule has 0 atom stereocenters. The minimum absolute atomic E-state index is 0.0204. The van der Waals surface area contributed by atoms with E-state index in [-0.39, 0.29) is 16.2 Å². The Kier molecular flexibility index (Phi) is 4.60. The highest BCUT2D eigenvalue weighted by Crippen LogP contribution is 2.47. The molecule has 1 amide bonds. The van der Waals surface area contributed by atoms with Crippen LogP contribution in [0.3, 0.4) is 0 Å². The van der Waals surface area contributed by atoms with E-state index in [1.807, 2.05) is 18.2 Å². The number of nitrogens with zero attached hydrogens (tertiary/aromatic N) is 2. The maximum absolute atomic E-state index is 12.7. The molecule has 2 fully saturated rings. The largest absolute Gasteiger partial charge is 0.350 e. The minimum atomic E-state index is -3.52. The fourth-order valence-corrected chi connectivity index (χ4v) is 5.42. The quantitative estimate of drug-likeness (QED) is 0.827. The van der Waals surface area contributed by atoms with Gasteiger partial charge >= 0.3 is 0 Å². The van der Waals surface area contributed by atoms with Gasteiger partial charge in [0.25, 0.3) is 5.91 Å². The highest BCUT2D eigenvalue weighted by atomic mass is 32.2. The monoisotopic (exact) mass is 387 g/mol. The molecule has 1 aromatic heterocycles. The van der Waals surface area contributed by atoms with Crippen molar-refractivity contribution in [2.45, 2.75) is 36.0 Å². The second-order valence-corrected chi connectivity index (χ2v) is 9.55. The van der Waals surface area contributed by atoms with E-state index in [1.165, 1.54) is 22.1 Å². The van der Waals surface area contributed by atoms with Crippen LogP contribution in [0.25, 0.3) is 0 Å². The average Bonchev–Trinajstić information content (AvgIpc) is 3.07. The molecule has 27 heavy (non-hydrogen) atoms. The summed E-state index contributed by atoms with van der Waals surface area (Å²) in [5, 5.41) is 3.01. The van der Waals surface area contributed by atoms with E-state index in [0.717, 1.165) is 25.7 Å². The number of aromatic nitrogens is 1. The van der Waals surface area contributed by atoms with E-state index < -0.39 is 10.0 Å². The first-order chi connectivity index (χ1) is 12.9. The van der Waals surface area contributed by atoms with Crippen LogP contribution < -0.4 is 5.32 Å². The summed E-state index contributed by atoms with van der Waals surface area (Å²) >= 11 is 0. The predicted octanol–water partition coefficient (Wildman–Crippen LogP) is 2.27. The maximum Gasteiger partial charge on any atom is 0.267 e. The zero-order valence-electron chi connectivity index (χ0n) is 15.5. The van der Waals surface area contributed by atoms with Crippen molar-refractivity contribution in [3.05, 3.63) is 53.9 Å². The van der Waals surface area contributed by atoms with Gasteiger partial charge in [-0.15, -0.1) is 0 Å². The van der Waals surface area contributed by atoms with Gasteiger partial charge in [-0.05, 0) is 37.3 Å². The van der Waals surface area contributed by atoms with Crippen molar-refractivity contribution in [1.29, 1.82) is 0 Å². The molecular weight excluding hydrogens is 362 g/mol. The van der Waals surface area contributed by atoms with Crippen LogP contribution in [0, 0.1) is 0 Å². The van der Waals surface area contributed by atoms with Gasteiger partial charge in [0.15, 0.2) is 0 Å². The maximum atomic E-state index is 12.7. The Bertz CT molecular complexity index is 940. The van der Waals surface area contributed by atoms with Crippen LogP contribution in [0.1, 0.15) is 41.7 Å². The van der Waals surface area contributed by atoms with Crippen molar-refractivity contribution in [1.82, 2.24) is 14.2 Å². The molecule has 2 aromatic rings. The van der Waals surface area contributed by atoms with Gasteiger partial charge in [-0.2, -0.15) is 4.31 Å². The van der Waals surface area contributed by atoms with E-state index in [1.54, 1.807) is 11.6 Å². The molecule has 1 N–H and O–H groups in total. The van der Waals surface area contributed by atoms with Gasteiger partial charge in [0.2, 0.25) is 10.0 Å². The minimum Gasteiger partial charge on any atom is -0.350 e. The fourth-order valence-electron chi connectivity index (χ4n) is 3.83. The van der Waals surface area contributed by atoms with Gasteiger partial charge < -0.3 is 9.88 Å². The van der Waals surface area contributed by atoms with Crippen LogP contribution in [-0.4, -0.2) is 42.8 Å². The first kappa shape index (κ1) is 18.3. The Labute approximate surface area is 160 Å². The molecule has 1 aliphatic heterocycles. The number of sulfonamides is 1. The van der Waals surface area contributed by atoms with Gasteiger partial charge in [-0.3, -0.25) is 4.79 Å². The summed E-state index contributed by atoms with van der Waals surface area (Å²) < 4.78 is 28.5. The Hall–Kier alpha value is -2.12. The number of benzene rings is 1. The van der Waals surface area contributed by atoms with E-state index in [0.29, 0.717) is 25.3 Å². The zero-order valence-corrected chi connectivity index (χ0v) is 16.3. The summed E-state index contributed by atoms with van der Waals surface area (Å²) in [4.78, 5) is 12.9. The van der Waals surface area contributed by atoms with Gasteiger partial charge in [-0.1, -0.05) is 30.3 Å². The molecule has 0 unspecified atom stereocenters. The molecule has 0 bridgehead atoms. The van der Waals surface area contributed by atoms with Crippen molar-refractivity contribution in [3.63, 3.8) is 0 Å². The highest BCUT2D eigenvalue weighted by molar-refractivity contribution is 7.89. The lowest BCUT2D eigenvalue weighted by molar-refractivity contribution is 0.0941. The second-order valence-electron chi connectivity index (χ2n) is 7.61. The van der Waals surface area contributed by atoms with Crippen molar-refractivity contribution >= 4 is 15.9 Å². The first-order valence-electron chi connectivity index (χ1n) is 9.43. The Morgan fingerprint density at radius 2 is 1.81 bits per heavy atom. The van der Waals surface area contributed by atoms with Gasteiger partial charge in [0.1, 0.15) is 10.6 Å². The normalized spacial score (nSPS) is 19.1. The number of carbonyl (C=O) groups excluding carboxylic acids is 1. The van der Waals surface area contributed by atoms with Crippen molar-refractivity contribution in [2.24, 2.45) is 7.05 Å². The summed E-state index contributed by atoms with van der Waals surface area (Å²) in [7, 11) is -1.81. The number of rotatable bonds is 6. The van der Waals surface area contributed by atoms with Crippen LogP contribution in [0.2, 0.25) is 0 Å². The number of carbonyl (C=O) groups is 1. The molecule has 1 aromatic carbocycles. The second kappa shape index (κ2) is 6.80. The third-order valence-corrected chi connectivity index (χ3v) is 7.61. The smallest absolute Gasteiger partial charge is 0.267 e. The van der Waals surface area contributed by atoms with Crippen LogP contribution in [-0.2, 0) is 22.5 Å². The molecular formula is C20H25N3O3S. The number of amides is 1. The van der Waals surface area contributed by atoms with Crippen LogP contribution in [0.5, 0.6) is 0 Å². The summed E-state index contributed by atoms with van der Waals surface area (Å²) in [5.74, 6) is -0.234. The topological polar surface area (TPSA) is 71.4 Å². The molecule has 1 saturated carbocycles. The summed E-state index contributed by atoms with van der Waals surface area (Å²) in [6.07, 6.45) is 5.42. The van der Waals surface area contributed by atoms with E-state index in [2.05, 4.69) is 17.4 Å². The zero-order chi connectivity index (χ0) is 19.1.